The Morgan fingerprint density at radius 2 is 1.77 bits per heavy atom. The van der Waals surface area contributed by atoms with Crippen LogP contribution in [-0.2, 0) is 6.42 Å². The van der Waals surface area contributed by atoms with Gasteiger partial charge in [0.25, 0.3) is 0 Å². The molecule has 2 aliphatic rings. The molecule has 4 rings (SSSR count). The molecule has 30 heavy (non-hydrogen) atoms. The first-order chi connectivity index (χ1) is 14.5. The predicted octanol–water partition coefficient (Wildman–Crippen LogP) is 6.96. The van der Waals surface area contributed by atoms with Crippen molar-refractivity contribution in [2.75, 3.05) is 22.9 Å². The van der Waals surface area contributed by atoms with E-state index in [4.69, 9.17) is 0 Å². The Morgan fingerprint density at radius 3 is 2.43 bits per heavy atom. The van der Waals surface area contributed by atoms with Gasteiger partial charge in [0.2, 0.25) is 0 Å². The number of carbonyl (C=O) groups is 1. The molecule has 0 radical (unpaired) electrons. The molecule has 1 N–H and O–H groups in total. The van der Waals surface area contributed by atoms with Crippen molar-refractivity contribution >= 4 is 23.2 Å². The highest BCUT2D eigenvalue weighted by Crippen LogP contribution is 2.36. The molecule has 2 aromatic rings. The van der Waals surface area contributed by atoms with Crippen molar-refractivity contribution in [1.82, 2.24) is 0 Å². The molecule has 0 bridgehead atoms. The Morgan fingerprint density at radius 1 is 1.07 bits per heavy atom. The van der Waals surface area contributed by atoms with Crippen LogP contribution in [0, 0.1) is 5.92 Å². The first-order valence-corrected chi connectivity index (χ1v) is 11.5. The molecule has 4 nitrogen and oxygen atoms in total. The number of anilines is 3. The lowest BCUT2D eigenvalue weighted by atomic mass is 9.87. The Balaban J connectivity index is 1.50. The van der Waals surface area contributed by atoms with Crippen LogP contribution < -0.4 is 9.80 Å². The number of rotatable bonds is 6. The van der Waals surface area contributed by atoms with E-state index < -0.39 is 6.09 Å². The first kappa shape index (κ1) is 20.8. The third-order valence-corrected chi connectivity index (χ3v) is 6.85. The molecular formula is C26H34N2O2. The van der Waals surface area contributed by atoms with E-state index in [9.17, 15) is 9.90 Å². The van der Waals surface area contributed by atoms with Crippen molar-refractivity contribution in [3.05, 3.63) is 53.6 Å². The summed E-state index contributed by atoms with van der Waals surface area (Å²) in [5.74, 6) is 1.32. The number of carboxylic acid groups (broad SMARTS) is 1. The van der Waals surface area contributed by atoms with E-state index in [2.05, 4.69) is 30.9 Å². The van der Waals surface area contributed by atoms with Gasteiger partial charge >= 0.3 is 6.09 Å². The van der Waals surface area contributed by atoms with Crippen LogP contribution in [0.2, 0.25) is 0 Å². The Kier molecular flexibility index (Phi) is 6.31. The number of benzene rings is 2. The van der Waals surface area contributed by atoms with Crippen LogP contribution in [0.3, 0.4) is 0 Å². The lowest BCUT2D eigenvalue weighted by Crippen LogP contribution is -2.25. The van der Waals surface area contributed by atoms with Gasteiger partial charge in [0.15, 0.2) is 0 Å². The molecule has 0 saturated heterocycles. The van der Waals surface area contributed by atoms with Crippen molar-refractivity contribution < 1.29 is 9.90 Å². The van der Waals surface area contributed by atoms with Crippen LogP contribution in [0.4, 0.5) is 21.9 Å². The summed E-state index contributed by atoms with van der Waals surface area (Å²) in [6.07, 6.45) is 8.32. The van der Waals surface area contributed by atoms with Crippen LogP contribution in [0.1, 0.15) is 69.4 Å². The quantitative estimate of drug-likeness (QED) is 0.564. The fourth-order valence-electron chi connectivity index (χ4n) is 5.02. The summed E-state index contributed by atoms with van der Waals surface area (Å²) in [6.45, 7) is 6.45. The second kappa shape index (κ2) is 9.11. The van der Waals surface area contributed by atoms with Crippen molar-refractivity contribution in [3.8, 4) is 0 Å². The molecule has 1 fully saturated rings. The summed E-state index contributed by atoms with van der Waals surface area (Å²) in [4.78, 5) is 16.0. The van der Waals surface area contributed by atoms with Crippen molar-refractivity contribution in [2.24, 2.45) is 5.92 Å². The van der Waals surface area contributed by atoms with Gasteiger partial charge < -0.3 is 10.0 Å². The third kappa shape index (κ3) is 4.48. The zero-order valence-corrected chi connectivity index (χ0v) is 18.3. The van der Waals surface area contributed by atoms with Crippen LogP contribution in [0.5, 0.6) is 0 Å². The average Bonchev–Trinajstić information content (AvgIpc) is 3.15. The zero-order valence-electron chi connectivity index (χ0n) is 18.3. The number of fused-ring (bicyclic) bond motifs is 1. The van der Waals surface area contributed by atoms with E-state index in [1.165, 1.54) is 60.2 Å². The SMILES string of the molecule is CC(C)c1ccc(N(C(=O)O)c2ccc3c(c2)CCN3CCC2CCCCC2)cc1. The van der Waals surface area contributed by atoms with Crippen molar-refractivity contribution in [1.29, 1.82) is 0 Å². The zero-order chi connectivity index (χ0) is 21.1. The number of hydrogen-bond donors (Lipinski definition) is 1. The van der Waals surface area contributed by atoms with Gasteiger partial charge in [-0.25, -0.2) is 9.69 Å². The molecule has 2 aromatic carbocycles. The van der Waals surface area contributed by atoms with E-state index in [0.717, 1.165) is 31.1 Å². The molecule has 160 valence electrons. The summed E-state index contributed by atoms with van der Waals surface area (Å²) in [5.41, 5.74) is 5.19. The van der Waals surface area contributed by atoms with E-state index in [1.54, 1.807) is 0 Å². The second-order valence-corrected chi connectivity index (χ2v) is 9.21. The first-order valence-electron chi connectivity index (χ1n) is 11.5. The minimum atomic E-state index is -0.945. The summed E-state index contributed by atoms with van der Waals surface area (Å²) in [5, 5.41) is 9.90. The Labute approximate surface area is 180 Å². The van der Waals surface area contributed by atoms with Crippen molar-refractivity contribution in [2.45, 2.75) is 64.7 Å². The fourth-order valence-corrected chi connectivity index (χ4v) is 5.02. The van der Waals surface area contributed by atoms with E-state index in [1.807, 2.05) is 30.3 Å². The molecule has 1 saturated carbocycles. The van der Waals surface area contributed by atoms with E-state index >= 15 is 0 Å². The largest absolute Gasteiger partial charge is 0.464 e. The predicted molar refractivity (Wildman–Crippen MR) is 124 cm³/mol. The lowest BCUT2D eigenvalue weighted by molar-refractivity contribution is 0.205. The van der Waals surface area contributed by atoms with Gasteiger partial charge in [0, 0.05) is 18.8 Å². The Bertz CT molecular complexity index is 869. The van der Waals surface area contributed by atoms with Gasteiger partial charge in [-0.05, 0) is 66.1 Å². The molecule has 1 aliphatic carbocycles. The molecule has 0 spiro atoms. The topological polar surface area (TPSA) is 43.8 Å². The van der Waals surface area contributed by atoms with Crippen LogP contribution in [-0.4, -0.2) is 24.3 Å². The van der Waals surface area contributed by atoms with Gasteiger partial charge in [-0.2, -0.15) is 0 Å². The van der Waals surface area contributed by atoms with E-state index in [-0.39, 0.29) is 0 Å². The maximum absolute atomic E-state index is 12.1. The summed E-state index contributed by atoms with van der Waals surface area (Å²) < 4.78 is 0. The Hall–Kier alpha value is -2.49. The highest BCUT2D eigenvalue weighted by atomic mass is 16.4. The second-order valence-electron chi connectivity index (χ2n) is 9.21. The standard InChI is InChI=1S/C26H34N2O2/c1-19(2)21-8-10-23(11-9-21)28(26(29)30)24-12-13-25-22(18-24)15-17-27(25)16-14-20-6-4-3-5-7-20/h8-13,18-20H,3-7,14-17H2,1-2H3,(H,29,30). The van der Waals surface area contributed by atoms with Gasteiger partial charge in [-0.3, -0.25) is 0 Å². The normalized spacial score (nSPS) is 16.7. The smallest absolute Gasteiger partial charge is 0.416 e. The highest BCUT2D eigenvalue weighted by Gasteiger charge is 2.24. The third-order valence-electron chi connectivity index (χ3n) is 6.85. The minimum Gasteiger partial charge on any atom is -0.464 e. The van der Waals surface area contributed by atoms with Crippen LogP contribution in [0.15, 0.2) is 42.5 Å². The fraction of sp³-hybridized carbons (Fsp3) is 0.500. The maximum Gasteiger partial charge on any atom is 0.416 e. The summed E-state index contributed by atoms with van der Waals surface area (Å²) in [7, 11) is 0. The number of nitrogens with zero attached hydrogens (tertiary/aromatic N) is 2. The summed E-state index contributed by atoms with van der Waals surface area (Å²) >= 11 is 0. The van der Waals surface area contributed by atoms with Crippen molar-refractivity contribution in [3.63, 3.8) is 0 Å². The van der Waals surface area contributed by atoms with Gasteiger partial charge in [-0.1, -0.05) is 58.1 Å². The van der Waals surface area contributed by atoms with Crippen LogP contribution in [0.25, 0.3) is 0 Å². The van der Waals surface area contributed by atoms with Gasteiger partial charge in [0.05, 0.1) is 11.4 Å². The maximum atomic E-state index is 12.1. The van der Waals surface area contributed by atoms with Crippen LogP contribution >= 0.6 is 0 Å². The molecule has 1 amide bonds. The summed E-state index contributed by atoms with van der Waals surface area (Å²) in [6, 6.07) is 14.0. The minimum absolute atomic E-state index is 0.428. The molecule has 0 unspecified atom stereocenters. The molecule has 4 heteroatoms. The number of hydrogen-bond acceptors (Lipinski definition) is 2. The van der Waals surface area contributed by atoms with Gasteiger partial charge in [0.1, 0.15) is 0 Å². The van der Waals surface area contributed by atoms with E-state index in [0.29, 0.717) is 11.6 Å². The molecular weight excluding hydrogens is 372 g/mol. The average molecular weight is 407 g/mol. The molecule has 0 aromatic heterocycles. The highest BCUT2D eigenvalue weighted by molar-refractivity contribution is 5.95. The molecule has 1 aliphatic heterocycles. The molecule has 1 heterocycles. The lowest BCUT2D eigenvalue weighted by Gasteiger charge is -2.26. The molecule has 0 atom stereocenters. The van der Waals surface area contributed by atoms with Gasteiger partial charge in [-0.15, -0.1) is 0 Å². The monoisotopic (exact) mass is 406 g/mol. The number of amides is 1.